The monoisotopic (exact) mass is 508 g/mol. The standard InChI is InChI=1S/C20H24N6O2.HI/c1-21-20(25-13-16-5-6-17(27-2)10-18(16)28-3)24-12-15-4-7-19(23-11-15)26-9-8-22-14-26;/h4-11,14H,12-13H2,1-3H3,(H2,21,24,25);1H. The number of benzene rings is 1. The number of hydrogen-bond donors (Lipinski definition) is 2. The van der Waals surface area contributed by atoms with E-state index in [1.54, 1.807) is 33.8 Å². The molecule has 0 saturated heterocycles. The third kappa shape index (κ3) is 6.08. The van der Waals surface area contributed by atoms with E-state index in [-0.39, 0.29) is 24.0 Å². The molecule has 0 bridgehead atoms. The van der Waals surface area contributed by atoms with Crippen LogP contribution in [0.5, 0.6) is 11.5 Å². The van der Waals surface area contributed by atoms with Crippen LogP contribution < -0.4 is 20.1 Å². The number of aromatic nitrogens is 3. The van der Waals surface area contributed by atoms with Crippen LogP contribution >= 0.6 is 24.0 Å². The van der Waals surface area contributed by atoms with Gasteiger partial charge in [-0.15, -0.1) is 24.0 Å². The van der Waals surface area contributed by atoms with Crippen LogP contribution in [0.15, 0.2) is 60.2 Å². The van der Waals surface area contributed by atoms with Crippen LogP contribution in [0.1, 0.15) is 11.1 Å². The van der Waals surface area contributed by atoms with Crippen LogP contribution in [0.25, 0.3) is 5.82 Å². The minimum Gasteiger partial charge on any atom is -0.497 e. The summed E-state index contributed by atoms with van der Waals surface area (Å²) in [5, 5.41) is 6.57. The Bertz CT molecular complexity index is 913. The first-order valence-electron chi connectivity index (χ1n) is 8.82. The lowest BCUT2D eigenvalue weighted by atomic mass is 10.2. The summed E-state index contributed by atoms with van der Waals surface area (Å²) in [5.74, 6) is 3.04. The van der Waals surface area contributed by atoms with Gasteiger partial charge in [-0.3, -0.25) is 9.56 Å². The molecule has 29 heavy (non-hydrogen) atoms. The van der Waals surface area contributed by atoms with Crippen LogP contribution in [0.3, 0.4) is 0 Å². The van der Waals surface area contributed by atoms with Gasteiger partial charge in [-0.05, 0) is 23.8 Å². The predicted molar refractivity (Wildman–Crippen MR) is 123 cm³/mol. The number of aliphatic imine (C=N–C) groups is 1. The second-order valence-corrected chi connectivity index (χ2v) is 5.95. The maximum absolute atomic E-state index is 5.43. The van der Waals surface area contributed by atoms with Crippen molar-refractivity contribution in [1.29, 1.82) is 0 Å². The number of methoxy groups -OCH3 is 2. The summed E-state index contributed by atoms with van der Waals surface area (Å²) in [6, 6.07) is 9.72. The maximum Gasteiger partial charge on any atom is 0.191 e. The molecule has 1 aromatic carbocycles. The average Bonchev–Trinajstić information content (AvgIpc) is 3.29. The minimum atomic E-state index is 0. The summed E-state index contributed by atoms with van der Waals surface area (Å²) in [6.07, 6.45) is 7.14. The normalized spacial score (nSPS) is 10.8. The molecule has 0 unspecified atom stereocenters. The quantitative estimate of drug-likeness (QED) is 0.290. The maximum atomic E-state index is 5.43. The number of ether oxygens (including phenoxy) is 2. The zero-order chi connectivity index (χ0) is 19.8. The number of hydrogen-bond acceptors (Lipinski definition) is 5. The summed E-state index contributed by atoms with van der Waals surface area (Å²) in [5.41, 5.74) is 2.06. The smallest absolute Gasteiger partial charge is 0.191 e. The highest BCUT2D eigenvalue weighted by molar-refractivity contribution is 14.0. The fourth-order valence-corrected chi connectivity index (χ4v) is 2.65. The summed E-state index contributed by atoms with van der Waals surface area (Å²) in [7, 11) is 5.02. The van der Waals surface area contributed by atoms with Crippen molar-refractivity contribution in [3.63, 3.8) is 0 Å². The molecule has 2 N–H and O–H groups in total. The minimum absolute atomic E-state index is 0. The molecule has 0 spiro atoms. The number of halogens is 1. The molecule has 9 heteroatoms. The summed E-state index contributed by atoms with van der Waals surface area (Å²) in [4.78, 5) is 12.7. The first-order valence-corrected chi connectivity index (χ1v) is 8.82. The highest BCUT2D eigenvalue weighted by Gasteiger charge is 2.06. The molecule has 0 aliphatic carbocycles. The molecule has 2 aromatic heterocycles. The van der Waals surface area contributed by atoms with E-state index in [4.69, 9.17) is 9.47 Å². The van der Waals surface area contributed by atoms with Gasteiger partial charge < -0.3 is 20.1 Å². The zero-order valence-electron chi connectivity index (χ0n) is 16.6. The summed E-state index contributed by atoms with van der Waals surface area (Å²) < 4.78 is 12.5. The molecule has 3 aromatic rings. The van der Waals surface area contributed by atoms with Crippen LogP contribution in [0.4, 0.5) is 0 Å². The molecule has 0 amide bonds. The Kier molecular flexibility index (Phi) is 8.71. The number of imidazole rings is 1. The Morgan fingerprint density at radius 3 is 2.55 bits per heavy atom. The first kappa shape index (κ1) is 22.5. The van der Waals surface area contributed by atoms with E-state index < -0.39 is 0 Å². The lowest BCUT2D eigenvalue weighted by Crippen LogP contribution is -2.36. The van der Waals surface area contributed by atoms with Gasteiger partial charge in [0.25, 0.3) is 0 Å². The molecule has 8 nitrogen and oxygen atoms in total. The first-order chi connectivity index (χ1) is 13.7. The van der Waals surface area contributed by atoms with E-state index in [1.165, 1.54) is 0 Å². The lowest BCUT2D eigenvalue weighted by molar-refractivity contribution is 0.390. The van der Waals surface area contributed by atoms with Gasteiger partial charge in [0.1, 0.15) is 23.6 Å². The Labute approximate surface area is 187 Å². The van der Waals surface area contributed by atoms with Gasteiger partial charge in [0.15, 0.2) is 5.96 Å². The van der Waals surface area contributed by atoms with Crippen molar-refractivity contribution in [3.05, 3.63) is 66.4 Å². The highest BCUT2D eigenvalue weighted by Crippen LogP contribution is 2.24. The second-order valence-electron chi connectivity index (χ2n) is 5.95. The van der Waals surface area contributed by atoms with Crippen LogP contribution in [0, 0.1) is 0 Å². The molecular weight excluding hydrogens is 483 g/mol. The molecule has 0 atom stereocenters. The molecule has 0 fully saturated rings. The highest BCUT2D eigenvalue weighted by atomic mass is 127. The number of nitrogens with zero attached hydrogens (tertiary/aromatic N) is 4. The van der Waals surface area contributed by atoms with Crippen molar-refractivity contribution in [3.8, 4) is 17.3 Å². The molecule has 154 valence electrons. The topological polar surface area (TPSA) is 85.6 Å². The van der Waals surface area contributed by atoms with Gasteiger partial charge in [-0.1, -0.05) is 6.07 Å². The summed E-state index contributed by atoms with van der Waals surface area (Å²) in [6.45, 7) is 1.18. The van der Waals surface area contributed by atoms with Crippen molar-refractivity contribution in [2.24, 2.45) is 4.99 Å². The van der Waals surface area contributed by atoms with Crippen molar-refractivity contribution in [2.75, 3.05) is 21.3 Å². The van der Waals surface area contributed by atoms with Crippen molar-refractivity contribution in [2.45, 2.75) is 13.1 Å². The summed E-state index contributed by atoms with van der Waals surface area (Å²) >= 11 is 0. The molecule has 0 aliphatic heterocycles. The average molecular weight is 508 g/mol. The van der Waals surface area contributed by atoms with Crippen molar-refractivity contribution in [1.82, 2.24) is 25.2 Å². The van der Waals surface area contributed by atoms with Gasteiger partial charge in [0.05, 0.1) is 14.2 Å². The SMILES string of the molecule is CN=C(NCc1ccc(-n2ccnc2)nc1)NCc1ccc(OC)cc1OC.I. The van der Waals surface area contributed by atoms with E-state index in [0.29, 0.717) is 19.0 Å². The van der Waals surface area contributed by atoms with Gasteiger partial charge in [-0.25, -0.2) is 9.97 Å². The van der Waals surface area contributed by atoms with E-state index in [9.17, 15) is 0 Å². The van der Waals surface area contributed by atoms with E-state index >= 15 is 0 Å². The zero-order valence-corrected chi connectivity index (χ0v) is 19.0. The Morgan fingerprint density at radius 1 is 1.10 bits per heavy atom. The molecule has 0 saturated carbocycles. The molecule has 0 radical (unpaired) electrons. The molecular formula is C20H25IN6O2. The fourth-order valence-electron chi connectivity index (χ4n) is 2.65. The van der Waals surface area contributed by atoms with E-state index in [0.717, 1.165) is 28.4 Å². The molecule has 0 aliphatic rings. The Morgan fingerprint density at radius 2 is 1.93 bits per heavy atom. The number of rotatable bonds is 7. The van der Waals surface area contributed by atoms with Gasteiger partial charge in [0.2, 0.25) is 0 Å². The second kappa shape index (κ2) is 11.2. The third-order valence-electron chi connectivity index (χ3n) is 4.20. The van der Waals surface area contributed by atoms with E-state index in [2.05, 4.69) is 25.6 Å². The number of guanidine groups is 1. The van der Waals surface area contributed by atoms with Gasteiger partial charge >= 0.3 is 0 Å². The Balaban J connectivity index is 0.00000300. The van der Waals surface area contributed by atoms with Crippen LogP contribution in [-0.4, -0.2) is 41.8 Å². The largest absolute Gasteiger partial charge is 0.497 e. The van der Waals surface area contributed by atoms with Crippen LogP contribution in [0.2, 0.25) is 0 Å². The molecule has 3 rings (SSSR count). The van der Waals surface area contributed by atoms with Crippen LogP contribution in [-0.2, 0) is 13.1 Å². The fraction of sp³-hybridized carbons (Fsp3) is 0.250. The third-order valence-corrected chi connectivity index (χ3v) is 4.20. The van der Waals surface area contributed by atoms with Gasteiger partial charge in [-0.2, -0.15) is 0 Å². The Hall–Kier alpha value is -2.82. The lowest BCUT2D eigenvalue weighted by Gasteiger charge is -2.14. The van der Waals surface area contributed by atoms with Gasteiger partial charge in [0, 0.05) is 50.4 Å². The van der Waals surface area contributed by atoms with E-state index in [1.807, 2.05) is 47.3 Å². The van der Waals surface area contributed by atoms with Crippen molar-refractivity contribution >= 4 is 29.9 Å². The number of nitrogens with one attached hydrogen (secondary N) is 2. The number of pyridine rings is 1. The van der Waals surface area contributed by atoms with Crippen molar-refractivity contribution < 1.29 is 9.47 Å². The molecule has 2 heterocycles. The predicted octanol–water partition coefficient (Wildman–Crippen LogP) is 2.77.